The van der Waals surface area contributed by atoms with E-state index in [-0.39, 0.29) is 30.0 Å². The van der Waals surface area contributed by atoms with Crippen molar-refractivity contribution in [2.45, 2.75) is 6.92 Å². The van der Waals surface area contributed by atoms with E-state index in [1.165, 1.54) is 12.1 Å². The molecular weight excluding hydrogens is 496 g/mol. The molecule has 0 spiro atoms. The van der Waals surface area contributed by atoms with Gasteiger partial charge >= 0.3 is 0 Å². The van der Waals surface area contributed by atoms with Gasteiger partial charge in [-0.25, -0.2) is 0 Å². The summed E-state index contributed by atoms with van der Waals surface area (Å²) in [6.45, 7) is 1.77. The number of hydrogen-bond acceptors (Lipinski definition) is 7. The Bertz CT molecular complexity index is 1500. The number of nitrogens with two attached hydrogens (primary N) is 2. The maximum absolute atomic E-state index is 12.7. The van der Waals surface area contributed by atoms with Gasteiger partial charge in [-0.1, -0.05) is 12.1 Å². The van der Waals surface area contributed by atoms with Gasteiger partial charge in [0.2, 0.25) is 5.96 Å². The molecule has 0 atom stereocenters. The van der Waals surface area contributed by atoms with Gasteiger partial charge in [0.15, 0.2) is 0 Å². The molecule has 1 heterocycles. The Morgan fingerprint density at radius 3 is 2.22 bits per heavy atom. The molecule has 37 heavy (non-hydrogen) atoms. The van der Waals surface area contributed by atoms with E-state index in [4.69, 9.17) is 11.5 Å². The number of nitro benzene ring substituents is 1. The van der Waals surface area contributed by atoms with E-state index in [0.717, 1.165) is 5.56 Å². The predicted octanol–water partition coefficient (Wildman–Crippen LogP) is 4.56. The van der Waals surface area contributed by atoms with Crippen LogP contribution in [0.4, 0.5) is 22.7 Å². The van der Waals surface area contributed by atoms with Crippen LogP contribution in [0.15, 0.2) is 89.2 Å². The van der Waals surface area contributed by atoms with Gasteiger partial charge in [0.1, 0.15) is 0 Å². The third-order valence-electron chi connectivity index (χ3n) is 5.24. The minimum atomic E-state index is -0.446. The number of rotatable bonds is 7. The molecule has 0 aliphatic carbocycles. The summed E-state index contributed by atoms with van der Waals surface area (Å²) in [5, 5.41) is 25.4. The van der Waals surface area contributed by atoms with Crippen LogP contribution in [0.1, 0.15) is 22.8 Å². The van der Waals surface area contributed by atoms with Crippen LogP contribution in [-0.4, -0.2) is 27.5 Å². The highest BCUT2D eigenvalue weighted by molar-refractivity contribution is 6.05. The minimum absolute atomic E-state index is 0. The molecule has 6 N–H and O–H groups in total. The molecular formula is C25H23ClN8O3. The van der Waals surface area contributed by atoms with E-state index in [2.05, 4.69) is 25.8 Å². The van der Waals surface area contributed by atoms with E-state index in [1.54, 1.807) is 73.8 Å². The van der Waals surface area contributed by atoms with Crippen LogP contribution in [0.3, 0.4) is 0 Å². The number of nitrogens with one attached hydrogen (secondary N) is 2. The van der Waals surface area contributed by atoms with E-state index in [0.29, 0.717) is 39.2 Å². The third kappa shape index (κ3) is 6.55. The van der Waals surface area contributed by atoms with Crippen LogP contribution in [0, 0.1) is 10.1 Å². The second-order valence-corrected chi connectivity index (χ2v) is 7.76. The lowest BCUT2D eigenvalue weighted by Gasteiger charge is -2.11. The second-order valence-electron chi connectivity index (χ2n) is 7.76. The Morgan fingerprint density at radius 1 is 0.919 bits per heavy atom. The number of non-ortho nitro benzene ring substituents is 1. The third-order valence-corrected chi connectivity index (χ3v) is 5.24. The lowest BCUT2D eigenvalue weighted by Crippen LogP contribution is -2.22. The molecule has 1 amide bonds. The molecule has 4 aromatic rings. The molecule has 0 aliphatic heterocycles. The number of guanidine groups is 1. The number of carbonyl (C=O) groups excluding carboxylic acids is 1. The number of aromatic nitrogens is 1. The van der Waals surface area contributed by atoms with Gasteiger partial charge in [-0.2, -0.15) is 5.10 Å². The van der Waals surface area contributed by atoms with Crippen molar-refractivity contribution in [1.82, 2.24) is 4.98 Å². The summed E-state index contributed by atoms with van der Waals surface area (Å²) in [5.74, 6) is -0.400. The normalized spacial score (nSPS) is 10.8. The summed E-state index contributed by atoms with van der Waals surface area (Å²) >= 11 is 0. The first-order chi connectivity index (χ1) is 17.3. The van der Waals surface area contributed by atoms with Crippen molar-refractivity contribution >= 4 is 63.6 Å². The fraction of sp³-hybridized carbons (Fsp3) is 0.0400. The van der Waals surface area contributed by atoms with Crippen molar-refractivity contribution in [2.24, 2.45) is 21.7 Å². The molecule has 12 heteroatoms. The molecule has 188 valence electrons. The van der Waals surface area contributed by atoms with Gasteiger partial charge in [-0.3, -0.25) is 19.9 Å². The van der Waals surface area contributed by atoms with E-state index < -0.39 is 4.92 Å². The van der Waals surface area contributed by atoms with Crippen molar-refractivity contribution < 1.29 is 9.72 Å². The molecule has 0 fully saturated rings. The van der Waals surface area contributed by atoms with Crippen molar-refractivity contribution in [3.8, 4) is 0 Å². The Labute approximate surface area is 217 Å². The molecule has 0 bridgehead atoms. The summed E-state index contributed by atoms with van der Waals surface area (Å²) in [7, 11) is 0. The Balaban J connectivity index is 0.00000380. The number of fused-ring (bicyclic) bond motifs is 1. The number of pyridine rings is 1. The maximum Gasteiger partial charge on any atom is 0.270 e. The molecule has 0 aliphatic rings. The monoisotopic (exact) mass is 518 g/mol. The van der Waals surface area contributed by atoms with Crippen molar-refractivity contribution in [3.63, 3.8) is 0 Å². The molecule has 0 radical (unpaired) electrons. The van der Waals surface area contributed by atoms with Crippen molar-refractivity contribution in [1.29, 1.82) is 0 Å². The Kier molecular flexibility index (Phi) is 8.33. The Morgan fingerprint density at radius 2 is 1.57 bits per heavy atom. The van der Waals surface area contributed by atoms with E-state index in [1.807, 2.05) is 0 Å². The number of nitrogens with zero attached hydrogens (tertiary/aromatic N) is 4. The molecule has 11 nitrogen and oxygen atoms in total. The van der Waals surface area contributed by atoms with Crippen molar-refractivity contribution in [2.75, 3.05) is 10.6 Å². The molecule has 4 rings (SSSR count). The maximum atomic E-state index is 12.7. The fourth-order valence-electron chi connectivity index (χ4n) is 3.41. The van der Waals surface area contributed by atoms with Gasteiger partial charge < -0.3 is 22.1 Å². The van der Waals surface area contributed by atoms with Gasteiger partial charge in [0.05, 0.1) is 16.2 Å². The van der Waals surface area contributed by atoms with Crippen molar-refractivity contribution in [3.05, 3.63) is 100 Å². The standard InChI is InChI=1S/C25H22N8O3.ClH/c1-15(31-32-25(26)27)16-2-6-19(7-3-16)30-24(34)17-4-8-18(9-5-17)29-23-12-13-28-22-11-10-20(33(35)36)14-21(22)23;/h2-14H,1H3,(H,28,29)(H,30,34)(H4,26,27,32);1H/b31-15-;. The number of hydrogen-bond donors (Lipinski definition) is 4. The summed E-state index contributed by atoms with van der Waals surface area (Å²) in [6.07, 6.45) is 1.62. The summed E-state index contributed by atoms with van der Waals surface area (Å²) in [6, 6.07) is 20.2. The van der Waals surface area contributed by atoms with E-state index >= 15 is 0 Å². The largest absolute Gasteiger partial charge is 0.369 e. The quantitative estimate of drug-likeness (QED) is 0.120. The lowest BCUT2D eigenvalue weighted by molar-refractivity contribution is -0.384. The van der Waals surface area contributed by atoms with Crippen LogP contribution in [0.2, 0.25) is 0 Å². The molecule has 0 saturated carbocycles. The number of carbonyl (C=O) groups is 1. The van der Waals surface area contributed by atoms with Crippen LogP contribution in [-0.2, 0) is 0 Å². The first kappa shape index (κ1) is 26.6. The van der Waals surface area contributed by atoms with Crippen LogP contribution >= 0.6 is 12.4 Å². The zero-order valence-corrected chi connectivity index (χ0v) is 20.4. The van der Waals surface area contributed by atoms with Gasteiger partial charge in [-0.05, 0) is 61.0 Å². The summed E-state index contributed by atoms with van der Waals surface area (Å²) < 4.78 is 0. The van der Waals surface area contributed by atoms with Gasteiger partial charge in [-0.15, -0.1) is 17.5 Å². The fourth-order valence-corrected chi connectivity index (χ4v) is 3.41. The Hall–Kier alpha value is -5.03. The SMILES string of the molecule is C/C(=N/N=C(N)N)c1ccc(NC(=O)c2ccc(Nc3ccnc4ccc([N+](=O)[O-])cc34)cc2)cc1.Cl. The number of amides is 1. The molecule has 0 unspecified atom stereocenters. The smallest absolute Gasteiger partial charge is 0.270 e. The predicted molar refractivity (Wildman–Crippen MR) is 148 cm³/mol. The number of halogens is 1. The van der Waals surface area contributed by atoms with Crippen LogP contribution in [0.5, 0.6) is 0 Å². The summed E-state index contributed by atoms with van der Waals surface area (Å²) in [4.78, 5) is 27.6. The van der Waals surface area contributed by atoms with Crippen LogP contribution < -0.4 is 22.1 Å². The second kappa shape index (κ2) is 11.6. The first-order valence-corrected chi connectivity index (χ1v) is 10.8. The zero-order chi connectivity index (χ0) is 25.7. The van der Waals surface area contributed by atoms with E-state index in [9.17, 15) is 14.9 Å². The first-order valence-electron chi connectivity index (χ1n) is 10.8. The average Bonchev–Trinajstić information content (AvgIpc) is 2.88. The summed E-state index contributed by atoms with van der Waals surface area (Å²) in [5.41, 5.74) is 15.1. The molecule has 0 saturated heterocycles. The average molecular weight is 519 g/mol. The van der Waals surface area contributed by atoms with Crippen LogP contribution in [0.25, 0.3) is 10.9 Å². The molecule has 3 aromatic carbocycles. The number of benzene rings is 3. The highest BCUT2D eigenvalue weighted by atomic mass is 35.5. The number of nitro groups is 1. The topological polar surface area (TPSA) is 174 Å². The molecule has 1 aromatic heterocycles. The number of anilines is 3. The minimum Gasteiger partial charge on any atom is -0.369 e. The van der Waals surface area contributed by atoms with Gasteiger partial charge in [0, 0.05) is 46.3 Å². The van der Waals surface area contributed by atoms with Gasteiger partial charge in [0.25, 0.3) is 11.6 Å². The highest BCUT2D eigenvalue weighted by Gasteiger charge is 2.11. The highest BCUT2D eigenvalue weighted by Crippen LogP contribution is 2.28. The lowest BCUT2D eigenvalue weighted by atomic mass is 10.1. The zero-order valence-electron chi connectivity index (χ0n) is 19.6.